The van der Waals surface area contributed by atoms with E-state index < -0.39 is 5.41 Å². The molecule has 16 heavy (non-hydrogen) atoms. The van der Waals surface area contributed by atoms with Crippen LogP contribution in [0.5, 0.6) is 0 Å². The molecule has 88 valence electrons. The van der Waals surface area contributed by atoms with Crippen molar-refractivity contribution in [1.82, 2.24) is 4.90 Å². The molecule has 0 aromatic heterocycles. The summed E-state index contributed by atoms with van der Waals surface area (Å²) in [6.07, 6.45) is 3.94. The van der Waals surface area contributed by atoms with Crippen LogP contribution in [-0.2, 0) is 4.79 Å². The fourth-order valence-corrected chi connectivity index (χ4v) is 2.86. The molecule has 0 aromatic rings. The number of hydrogen-bond donors (Lipinski definition) is 0. The van der Waals surface area contributed by atoms with Gasteiger partial charge < -0.3 is 4.90 Å². The number of nitrogens with zero attached hydrogens (tertiary/aromatic N) is 2. The summed E-state index contributed by atoms with van der Waals surface area (Å²) in [4.78, 5) is 14.1. The molecule has 0 spiro atoms. The van der Waals surface area contributed by atoms with Crippen molar-refractivity contribution in [2.24, 2.45) is 17.3 Å². The zero-order chi connectivity index (χ0) is 11.9. The Morgan fingerprint density at radius 2 is 2.06 bits per heavy atom. The van der Waals surface area contributed by atoms with Gasteiger partial charge in [-0.05, 0) is 44.4 Å². The average Bonchev–Trinajstić information content (AvgIpc) is 3.05. The summed E-state index contributed by atoms with van der Waals surface area (Å²) in [7, 11) is 1.85. The standard InChI is InChI=1S/C13H20N2O/c1-9-6-13(7-9,8-14)12(16)15(3)10(2)11-4-5-11/h9-11H,4-7H2,1-3H3. The minimum absolute atomic E-state index is 0.0486. The third-order valence-electron chi connectivity index (χ3n) is 4.25. The van der Waals surface area contributed by atoms with Crippen LogP contribution < -0.4 is 0 Å². The summed E-state index contributed by atoms with van der Waals surface area (Å²) in [5.41, 5.74) is -0.697. The van der Waals surface area contributed by atoms with Gasteiger partial charge in [-0.2, -0.15) is 5.26 Å². The quantitative estimate of drug-likeness (QED) is 0.731. The van der Waals surface area contributed by atoms with Crippen molar-refractivity contribution in [1.29, 1.82) is 5.26 Å². The number of carbonyl (C=O) groups is 1. The second kappa shape index (κ2) is 3.76. The largest absolute Gasteiger partial charge is 0.341 e. The SMILES string of the molecule is CC1CC(C#N)(C(=O)N(C)C(C)C2CC2)C1. The lowest BCUT2D eigenvalue weighted by atomic mass is 9.62. The summed E-state index contributed by atoms with van der Waals surface area (Å²) in [6.45, 7) is 4.20. The summed E-state index contributed by atoms with van der Waals surface area (Å²) in [5, 5.41) is 9.21. The van der Waals surface area contributed by atoms with Crippen LogP contribution >= 0.6 is 0 Å². The first kappa shape index (κ1) is 11.4. The van der Waals surface area contributed by atoms with E-state index in [1.807, 2.05) is 11.9 Å². The van der Waals surface area contributed by atoms with E-state index in [0.717, 1.165) is 12.8 Å². The molecule has 2 saturated carbocycles. The number of carbonyl (C=O) groups excluding carboxylic acids is 1. The third kappa shape index (κ3) is 1.71. The zero-order valence-corrected chi connectivity index (χ0v) is 10.4. The molecular weight excluding hydrogens is 200 g/mol. The number of nitriles is 1. The average molecular weight is 220 g/mol. The molecule has 0 aromatic carbocycles. The normalized spacial score (nSPS) is 34.8. The monoisotopic (exact) mass is 220 g/mol. The van der Waals surface area contributed by atoms with E-state index in [0.29, 0.717) is 17.9 Å². The maximum atomic E-state index is 12.3. The predicted octanol–water partition coefficient (Wildman–Crippen LogP) is 2.18. The van der Waals surface area contributed by atoms with Gasteiger partial charge in [-0.15, -0.1) is 0 Å². The number of rotatable bonds is 3. The summed E-state index contributed by atoms with van der Waals surface area (Å²) in [6, 6.07) is 2.55. The Labute approximate surface area is 97.4 Å². The van der Waals surface area contributed by atoms with Crippen molar-refractivity contribution in [3.05, 3.63) is 0 Å². The fraction of sp³-hybridized carbons (Fsp3) is 0.846. The van der Waals surface area contributed by atoms with E-state index in [1.54, 1.807) is 0 Å². The molecule has 3 nitrogen and oxygen atoms in total. The van der Waals surface area contributed by atoms with Gasteiger partial charge >= 0.3 is 0 Å². The Kier molecular flexibility index (Phi) is 2.69. The molecule has 0 heterocycles. The third-order valence-corrected chi connectivity index (χ3v) is 4.25. The Hall–Kier alpha value is -1.04. The number of amides is 1. The van der Waals surface area contributed by atoms with Crippen molar-refractivity contribution in [2.45, 2.75) is 45.6 Å². The number of hydrogen-bond acceptors (Lipinski definition) is 2. The molecular formula is C13H20N2O. The molecule has 0 aliphatic heterocycles. The molecule has 0 N–H and O–H groups in total. The van der Waals surface area contributed by atoms with Gasteiger partial charge in [0.2, 0.25) is 5.91 Å². The van der Waals surface area contributed by atoms with Crippen LogP contribution in [0.15, 0.2) is 0 Å². The molecule has 2 aliphatic carbocycles. The molecule has 2 aliphatic rings. The second-order valence-corrected chi connectivity index (χ2v) is 5.70. The van der Waals surface area contributed by atoms with E-state index in [1.165, 1.54) is 12.8 Å². The predicted molar refractivity (Wildman–Crippen MR) is 61.4 cm³/mol. The van der Waals surface area contributed by atoms with Crippen molar-refractivity contribution < 1.29 is 4.79 Å². The van der Waals surface area contributed by atoms with Gasteiger partial charge in [-0.25, -0.2) is 0 Å². The summed E-state index contributed by atoms with van der Waals surface area (Å²) in [5.74, 6) is 1.24. The second-order valence-electron chi connectivity index (χ2n) is 5.70. The Morgan fingerprint density at radius 3 is 2.44 bits per heavy atom. The van der Waals surface area contributed by atoms with Crippen molar-refractivity contribution >= 4 is 5.91 Å². The summed E-state index contributed by atoms with van der Waals surface area (Å²) >= 11 is 0. The van der Waals surface area contributed by atoms with Gasteiger partial charge in [0.1, 0.15) is 5.41 Å². The summed E-state index contributed by atoms with van der Waals surface area (Å²) < 4.78 is 0. The first-order valence-corrected chi connectivity index (χ1v) is 6.18. The van der Waals surface area contributed by atoms with Gasteiger partial charge in [0.15, 0.2) is 0 Å². The fourth-order valence-electron chi connectivity index (χ4n) is 2.86. The minimum atomic E-state index is -0.697. The topological polar surface area (TPSA) is 44.1 Å². The molecule has 1 unspecified atom stereocenters. The lowest BCUT2D eigenvalue weighted by Crippen LogP contribution is -2.51. The first-order valence-electron chi connectivity index (χ1n) is 6.18. The van der Waals surface area contributed by atoms with Gasteiger partial charge in [-0.3, -0.25) is 4.79 Å². The van der Waals surface area contributed by atoms with Crippen LogP contribution in [0, 0.1) is 28.6 Å². The maximum absolute atomic E-state index is 12.3. The van der Waals surface area contributed by atoms with Crippen LogP contribution in [0.4, 0.5) is 0 Å². The minimum Gasteiger partial charge on any atom is -0.341 e. The molecule has 3 heteroatoms. The molecule has 0 bridgehead atoms. The molecule has 2 fully saturated rings. The van der Waals surface area contributed by atoms with Crippen LogP contribution in [0.1, 0.15) is 39.5 Å². The molecule has 2 rings (SSSR count). The van der Waals surface area contributed by atoms with E-state index in [4.69, 9.17) is 0 Å². The van der Waals surface area contributed by atoms with Gasteiger partial charge in [-0.1, -0.05) is 6.92 Å². The highest BCUT2D eigenvalue weighted by Gasteiger charge is 2.51. The smallest absolute Gasteiger partial charge is 0.243 e. The van der Waals surface area contributed by atoms with E-state index >= 15 is 0 Å². The lowest BCUT2D eigenvalue weighted by Gasteiger charge is -2.43. The van der Waals surface area contributed by atoms with Gasteiger partial charge in [0.05, 0.1) is 6.07 Å². The lowest BCUT2D eigenvalue weighted by molar-refractivity contribution is -0.146. The molecule has 1 atom stereocenters. The molecule has 1 amide bonds. The van der Waals surface area contributed by atoms with E-state index in [-0.39, 0.29) is 5.91 Å². The van der Waals surface area contributed by atoms with Crippen LogP contribution in [0.25, 0.3) is 0 Å². The highest BCUT2D eigenvalue weighted by Crippen LogP contribution is 2.47. The molecule has 0 radical (unpaired) electrons. The van der Waals surface area contributed by atoms with Gasteiger partial charge in [0.25, 0.3) is 0 Å². The van der Waals surface area contributed by atoms with Gasteiger partial charge in [0, 0.05) is 13.1 Å². The zero-order valence-electron chi connectivity index (χ0n) is 10.4. The maximum Gasteiger partial charge on any atom is 0.243 e. The highest BCUT2D eigenvalue weighted by molar-refractivity contribution is 5.86. The van der Waals surface area contributed by atoms with Crippen LogP contribution in [0.2, 0.25) is 0 Å². The van der Waals surface area contributed by atoms with E-state index in [9.17, 15) is 10.1 Å². The Morgan fingerprint density at radius 1 is 1.50 bits per heavy atom. The molecule has 0 saturated heterocycles. The Balaban J connectivity index is 2.03. The first-order chi connectivity index (χ1) is 7.50. The van der Waals surface area contributed by atoms with Crippen molar-refractivity contribution in [3.63, 3.8) is 0 Å². The highest BCUT2D eigenvalue weighted by atomic mass is 16.2. The Bertz CT molecular complexity index is 334. The van der Waals surface area contributed by atoms with Crippen molar-refractivity contribution in [3.8, 4) is 6.07 Å². The van der Waals surface area contributed by atoms with Crippen LogP contribution in [-0.4, -0.2) is 23.9 Å². The van der Waals surface area contributed by atoms with E-state index in [2.05, 4.69) is 19.9 Å². The van der Waals surface area contributed by atoms with Crippen molar-refractivity contribution in [2.75, 3.05) is 7.05 Å². The van der Waals surface area contributed by atoms with Crippen LogP contribution in [0.3, 0.4) is 0 Å².